The van der Waals surface area contributed by atoms with Crippen molar-refractivity contribution in [1.82, 2.24) is 14.5 Å². The van der Waals surface area contributed by atoms with E-state index in [1.54, 1.807) is 25.1 Å². The Labute approximate surface area is 200 Å². The molecule has 0 aliphatic carbocycles. The minimum Gasteiger partial charge on any atom is -0.486 e. The standard InChI is InChI=1S/C24H26N4O5S/c1-14-5-7-27(8-6-14)19(29)12-28-13-25-23-20(24(28)31)15(2)21(34-23)22(30)26-16-3-4-17-18(11-16)33-10-9-32-17/h3-4,11,13-14H,5-10,12H2,1-2H3,(H,26,30). The lowest BCUT2D eigenvalue weighted by Gasteiger charge is -2.30. The monoisotopic (exact) mass is 482 g/mol. The van der Waals surface area contributed by atoms with Crippen LogP contribution in [0.2, 0.25) is 0 Å². The van der Waals surface area contributed by atoms with Crippen molar-refractivity contribution in [2.45, 2.75) is 33.2 Å². The number of ether oxygens (including phenoxy) is 2. The van der Waals surface area contributed by atoms with Gasteiger partial charge in [0.1, 0.15) is 24.6 Å². The first-order valence-corrected chi connectivity index (χ1v) is 12.2. The van der Waals surface area contributed by atoms with Gasteiger partial charge in [-0.1, -0.05) is 6.92 Å². The third-order valence-electron chi connectivity index (χ3n) is 6.37. The summed E-state index contributed by atoms with van der Waals surface area (Å²) in [5, 5.41) is 3.24. The van der Waals surface area contributed by atoms with Gasteiger partial charge in [0.25, 0.3) is 11.5 Å². The summed E-state index contributed by atoms with van der Waals surface area (Å²) in [7, 11) is 0. The third-order valence-corrected chi connectivity index (χ3v) is 7.56. The molecule has 4 heterocycles. The summed E-state index contributed by atoms with van der Waals surface area (Å²) in [4.78, 5) is 46.0. The number of likely N-dealkylation sites (tertiary alicyclic amines) is 1. The fourth-order valence-electron chi connectivity index (χ4n) is 4.30. The smallest absolute Gasteiger partial charge is 0.266 e. The molecule has 2 amide bonds. The molecule has 0 atom stereocenters. The van der Waals surface area contributed by atoms with Crippen molar-refractivity contribution in [1.29, 1.82) is 0 Å². The molecule has 1 saturated heterocycles. The second-order valence-corrected chi connectivity index (χ2v) is 9.79. The molecular weight excluding hydrogens is 456 g/mol. The Hall–Kier alpha value is -3.40. The number of rotatable bonds is 4. The molecule has 3 aromatic rings. The Kier molecular flexibility index (Phi) is 5.99. The van der Waals surface area contributed by atoms with Crippen LogP contribution in [0.4, 0.5) is 5.69 Å². The molecule has 2 aromatic heterocycles. The number of aromatic nitrogens is 2. The number of anilines is 1. The fourth-order valence-corrected chi connectivity index (χ4v) is 5.34. The highest BCUT2D eigenvalue weighted by Crippen LogP contribution is 2.33. The van der Waals surface area contributed by atoms with Crippen LogP contribution in [0.3, 0.4) is 0 Å². The predicted molar refractivity (Wildman–Crippen MR) is 129 cm³/mol. The largest absolute Gasteiger partial charge is 0.486 e. The van der Waals surface area contributed by atoms with Crippen molar-refractivity contribution in [2.75, 3.05) is 31.6 Å². The van der Waals surface area contributed by atoms with Crippen LogP contribution in [0.1, 0.15) is 35.0 Å². The summed E-state index contributed by atoms with van der Waals surface area (Å²) in [6.45, 7) is 6.25. The van der Waals surface area contributed by atoms with Gasteiger partial charge in [0.15, 0.2) is 11.5 Å². The molecule has 2 aliphatic rings. The molecule has 1 aromatic carbocycles. The van der Waals surface area contributed by atoms with Gasteiger partial charge in [-0.15, -0.1) is 11.3 Å². The van der Waals surface area contributed by atoms with Gasteiger partial charge in [0, 0.05) is 24.8 Å². The molecule has 2 aliphatic heterocycles. The number of carbonyl (C=O) groups is 2. The zero-order valence-electron chi connectivity index (χ0n) is 19.1. The van der Waals surface area contributed by atoms with Gasteiger partial charge in [-0.05, 0) is 43.4 Å². The zero-order valence-corrected chi connectivity index (χ0v) is 19.9. The molecule has 0 saturated carbocycles. The van der Waals surface area contributed by atoms with E-state index in [1.165, 1.54) is 10.9 Å². The average Bonchev–Trinajstić information content (AvgIpc) is 3.18. The number of amides is 2. The molecule has 34 heavy (non-hydrogen) atoms. The Bertz CT molecular complexity index is 1320. The van der Waals surface area contributed by atoms with E-state index in [4.69, 9.17) is 9.47 Å². The maximum Gasteiger partial charge on any atom is 0.266 e. The number of piperidine rings is 1. The third kappa shape index (κ3) is 4.25. The van der Waals surface area contributed by atoms with E-state index in [0.29, 0.717) is 70.1 Å². The SMILES string of the molecule is Cc1c(C(=O)Nc2ccc3c(c2)OCCO3)sc2ncn(CC(=O)N3CCC(C)CC3)c(=O)c12. The number of nitrogens with one attached hydrogen (secondary N) is 1. The first-order valence-electron chi connectivity index (χ1n) is 11.4. The lowest BCUT2D eigenvalue weighted by atomic mass is 9.99. The number of benzene rings is 1. The number of fused-ring (bicyclic) bond motifs is 2. The molecule has 178 valence electrons. The van der Waals surface area contributed by atoms with Gasteiger partial charge in [-0.2, -0.15) is 0 Å². The molecule has 9 nitrogen and oxygen atoms in total. The van der Waals surface area contributed by atoms with Gasteiger partial charge >= 0.3 is 0 Å². The van der Waals surface area contributed by atoms with Crippen molar-refractivity contribution >= 4 is 39.1 Å². The number of hydrogen-bond donors (Lipinski definition) is 1. The highest BCUT2D eigenvalue weighted by Gasteiger charge is 2.23. The minimum absolute atomic E-state index is 0.0514. The van der Waals surface area contributed by atoms with E-state index in [2.05, 4.69) is 17.2 Å². The van der Waals surface area contributed by atoms with E-state index in [1.807, 2.05) is 4.90 Å². The Morgan fingerprint density at radius 1 is 1.18 bits per heavy atom. The summed E-state index contributed by atoms with van der Waals surface area (Å²) < 4.78 is 12.4. The van der Waals surface area contributed by atoms with Crippen molar-refractivity contribution < 1.29 is 19.1 Å². The van der Waals surface area contributed by atoms with E-state index >= 15 is 0 Å². The summed E-state index contributed by atoms with van der Waals surface area (Å²) in [5.41, 5.74) is 0.815. The Balaban J connectivity index is 1.36. The molecule has 10 heteroatoms. The summed E-state index contributed by atoms with van der Waals surface area (Å²) in [6, 6.07) is 5.21. The molecule has 1 N–H and O–H groups in total. The number of hydrogen-bond acceptors (Lipinski definition) is 7. The van der Waals surface area contributed by atoms with E-state index in [9.17, 15) is 14.4 Å². The summed E-state index contributed by atoms with van der Waals surface area (Å²) in [6.07, 6.45) is 3.35. The molecule has 5 rings (SSSR count). The van der Waals surface area contributed by atoms with Crippen LogP contribution in [0.15, 0.2) is 29.3 Å². The fraction of sp³-hybridized carbons (Fsp3) is 0.417. The number of thiophene rings is 1. The van der Waals surface area contributed by atoms with E-state index < -0.39 is 0 Å². The van der Waals surface area contributed by atoms with Crippen molar-refractivity contribution in [2.24, 2.45) is 5.92 Å². The van der Waals surface area contributed by atoms with Crippen molar-refractivity contribution in [3.05, 3.63) is 45.3 Å². The zero-order chi connectivity index (χ0) is 23.8. The number of carbonyl (C=O) groups excluding carboxylic acids is 2. The summed E-state index contributed by atoms with van der Waals surface area (Å²) >= 11 is 1.16. The van der Waals surface area contributed by atoms with Crippen LogP contribution in [-0.4, -0.2) is 52.6 Å². The quantitative estimate of drug-likeness (QED) is 0.613. The van der Waals surface area contributed by atoms with Crippen LogP contribution in [-0.2, 0) is 11.3 Å². The first-order chi connectivity index (χ1) is 16.4. The molecule has 1 fully saturated rings. The maximum atomic E-state index is 13.2. The lowest BCUT2D eigenvalue weighted by molar-refractivity contribution is -0.133. The number of nitrogens with zero attached hydrogens (tertiary/aromatic N) is 3. The topological polar surface area (TPSA) is 103 Å². The minimum atomic E-state index is -0.332. The predicted octanol–water partition coefficient (Wildman–Crippen LogP) is 3.05. The molecule has 0 radical (unpaired) electrons. The van der Waals surface area contributed by atoms with Crippen LogP contribution < -0.4 is 20.3 Å². The highest BCUT2D eigenvalue weighted by atomic mass is 32.1. The van der Waals surface area contributed by atoms with Gasteiger partial charge in [-0.25, -0.2) is 4.98 Å². The van der Waals surface area contributed by atoms with Crippen LogP contribution in [0.5, 0.6) is 11.5 Å². The second-order valence-electron chi connectivity index (χ2n) is 8.79. The van der Waals surface area contributed by atoms with Crippen LogP contribution >= 0.6 is 11.3 Å². The van der Waals surface area contributed by atoms with Gasteiger partial charge in [0.05, 0.1) is 16.6 Å². The Morgan fingerprint density at radius 2 is 1.91 bits per heavy atom. The lowest BCUT2D eigenvalue weighted by Crippen LogP contribution is -2.41. The van der Waals surface area contributed by atoms with Gasteiger partial charge in [0.2, 0.25) is 5.91 Å². The second kappa shape index (κ2) is 9.09. The van der Waals surface area contributed by atoms with Crippen molar-refractivity contribution in [3.8, 4) is 11.5 Å². The number of aryl methyl sites for hydroxylation is 1. The van der Waals surface area contributed by atoms with Crippen LogP contribution in [0, 0.1) is 12.8 Å². The summed E-state index contributed by atoms with van der Waals surface area (Å²) in [5.74, 6) is 1.42. The molecule has 0 unspecified atom stereocenters. The van der Waals surface area contributed by atoms with Crippen molar-refractivity contribution in [3.63, 3.8) is 0 Å². The average molecular weight is 483 g/mol. The molecule has 0 spiro atoms. The van der Waals surface area contributed by atoms with Gasteiger partial charge in [-0.3, -0.25) is 19.0 Å². The van der Waals surface area contributed by atoms with Gasteiger partial charge < -0.3 is 19.7 Å². The highest BCUT2D eigenvalue weighted by molar-refractivity contribution is 7.20. The maximum absolute atomic E-state index is 13.2. The van der Waals surface area contributed by atoms with E-state index in [0.717, 1.165) is 24.2 Å². The molecular formula is C24H26N4O5S. The normalized spacial score (nSPS) is 16.0. The Morgan fingerprint density at radius 3 is 2.68 bits per heavy atom. The van der Waals surface area contributed by atoms with Crippen LogP contribution in [0.25, 0.3) is 10.2 Å². The first kappa shape index (κ1) is 22.4. The molecule has 0 bridgehead atoms. The van der Waals surface area contributed by atoms with E-state index in [-0.39, 0.29) is 23.9 Å².